The zero-order valence-electron chi connectivity index (χ0n) is 10.8. The van der Waals surface area contributed by atoms with E-state index in [4.69, 9.17) is 9.68 Å². The van der Waals surface area contributed by atoms with E-state index in [-0.39, 0.29) is 11.3 Å². The van der Waals surface area contributed by atoms with E-state index < -0.39 is 11.7 Å². The zero-order valence-corrected chi connectivity index (χ0v) is 10.8. The van der Waals surface area contributed by atoms with Crippen LogP contribution in [0.15, 0.2) is 53.1 Å². The van der Waals surface area contributed by atoms with Crippen LogP contribution in [-0.4, -0.2) is 5.91 Å². The summed E-state index contributed by atoms with van der Waals surface area (Å²) in [6.07, 6.45) is 1.34. The first kappa shape index (κ1) is 12.9. The number of nitrogens with zero attached hydrogens (tertiary/aromatic N) is 1. The smallest absolute Gasteiger partial charge is 0.259 e. The van der Waals surface area contributed by atoms with Crippen molar-refractivity contribution in [2.75, 3.05) is 5.32 Å². The predicted octanol–water partition coefficient (Wildman–Crippen LogP) is 3.70. The third kappa shape index (κ3) is 2.23. The van der Waals surface area contributed by atoms with Crippen LogP contribution >= 0.6 is 0 Å². The number of para-hydroxylation sites is 1. The molecule has 1 heterocycles. The van der Waals surface area contributed by atoms with Crippen molar-refractivity contribution in [1.29, 1.82) is 5.26 Å². The monoisotopic (exact) mass is 280 g/mol. The second-order valence-corrected chi connectivity index (χ2v) is 4.37. The maximum absolute atomic E-state index is 13.5. The van der Waals surface area contributed by atoms with Gasteiger partial charge in [0.2, 0.25) is 0 Å². The molecule has 2 aromatic carbocycles. The van der Waals surface area contributed by atoms with Crippen LogP contribution < -0.4 is 5.32 Å². The van der Waals surface area contributed by atoms with Crippen molar-refractivity contribution < 1.29 is 13.6 Å². The molecule has 0 radical (unpaired) electrons. The summed E-state index contributed by atoms with van der Waals surface area (Å²) in [6.45, 7) is 0. The van der Waals surface area contributed by atoms with Crippen molar-refractivity contribution in [1.82, 2.24) is 0 Å². The van der Waals surface area contributed by atoms with E-state index in [2.05, 4.69) is 5.32 Å². The molecular formula is C16H9FN2O2. The molecule has 5 heteroatoms. The molecule has 3 rings (SSSR count). The van der Waals surface area contributed by atoms with Crippen LogP contribution in [0, 0.1) is 17.1 Å². The lowest BCUT2D eigenvalue weighted by Gasteiger charge is -2.06. The minimum absolute atomic E-state index is 0.132. The number of carbonyl (C=O) groups excluding carboxylic acids is 1. The lowest BCUT2D eigenvalue weighted by Crippen LogP contribution is -2.12. The summed E-state index contributed by atoms with van der Waals surface area (Å²) in [5.74, 6) is -1.13. The van der Waals surface area contributed by atoms with Gasteiger partial charge in [-0.25, -0.2) is 4.39 Å². The van der Waals surface area contributed by atoms with Gasteiger partial charge in [-0.1, -0.05) is 24.3 Å². The Morgan fingerprint density at radius 1 is 1.19 bits per heavy atom. The standard InChI is InChI=1S/C16H9FN2O2/c17-13-5-3-6-14(11(13)8-18)19-16(20)12-9-21-15-7-2-1-4-10(12)15/h1-7,9H,(H,19,20). The topological polar surface area (TPSA) is 66.0 Å². The normalized spacial score (nSPS) is 10.3. The van der Waals surface area contributed by atoms with Gasteiger partial charge in [-0.15, -0.1) is 0 Å². The van der Waals surface area contributed by atoms with Crippen LogP contribution in [0.2, 0.25) is 0 Å². The van der Waals surface area contributed by atoms with Gasteiger partial charge < -0.3 is 9.73 Å². The van der Waals surface area contributed by atoms with E-state index in [1.165, 1.54) is 24.5 Å². The molecule has 0 saturated carbocycles. The van der Waals surface area contributed by atoms with Crippen LogP contribution in [0.5, 0.6) is 0 Å². The van der Waals surface area contributed by atoms with Crippen molar-refractivity contribution in [2.45, 2.75) is 0 Å². The number of anilines is 1. The molecule has 4 nitrogen and oxygen atoms in total. The zero-order chi connectivity index (χ0) is 14.8. The summed E-state index contributed by atoms with van der Waals surface area (Å²) in [6, 6.07) is 12.9. The van der Waals surface area contributed by atoms with Crippen molar-refractivity contribution in [2.24, 2.45) is 0 Å². The Morgan fingerprint density at radius 2 is 2.00 bits per heavy atom. The number of hydrogen-bond donors (Lipinski definition) is 1. The highest BCUT2D eigenvalue weighted by Gasteiger charge is 2.16. The van der Waals surface area contributed by atoms with E-state index in [1.807, 2.05) is 0 Å². The van der Waals surface area contributed by atoms with Gasteiger partial charge in [0.25, 0.3) is 5.91 Å². The number of fused-ring (bicyclic) bond motifs is 1. The Balaban J connectivity index is 1.98. The van der Waals surface area contributed by atoms with E-state index in [0.717, 1.165) is 0 Å². The van der Waals surface area contributed by atoms with Crippen molar-refractivity contribution in [3.05, 3.63) is 65.7 Å². The van der Waals surface area contributed by atoms with Crippen LogP contribution in [0.3, 0.4) is 0 Å². The Labute approximate surface area is 119 Å². The van der Waals surface area contributed by atoms with Crippen molar-refractivity contribution in [3.63, 3.8) is 0 Å². The third-order valence-electron chi connectivity index (χ3n) is 3.10. The number of rotatable bonds is 2. The molecule has 1 aromatic heterocycles. The second-order valence-electron chi connectivity index (χ2n) is 4.37. The SMILES string of the molecule is N#Cc1c(F)cccc1NC(=O)c1coc2ccccc12. The summed E-state index contributed by atoms with van der Waals surface area (Å²) in [7, 11) is 0. The lowest BCUT2D eigenvalue weighted by molar-refractivity contribution is 0.102. The van der Waals surface area contributed by atoms with E-state index >= 15 is 0 Å². The third-order valence-corrected chi connectivity index (χ3v) is 3.10. The highest BCUT2D eigenvalue weighted by Crippen LogP contribution is 2.23. The number of carbonyl (C=O) groups is 1. The molecule has 21 heavy (non-hydrogen) atoms. The van der Waals surface area contributed by atoms with Gasteiger partial charge in [0.05, 0.1) is 11.3 Å². The minimum atomic E-state index is -0.674. The molecule has 0 aliphatic heterocycles. The maximum atomic E-state index is 13.5. The number of nitrogens with one attached hydrogen (secondary N) is 1. The first-order valence-electron chi connectivity index (χ1n) is 6.17. The fraction of sp³-hybridized carbons (Fsp3) is 0. The number of furan rings is 1. The first-order chi connectivity index (χ1) is 10.2. The van der Waals surface area contributed by atoms with Gasteiger partial charge >= 0.3 is 0 Å². The van der Waals surface area contributed by atoms with Crippen LogP contribution in [0.4, 0.5) is 10.1 Å². The molecule has 0 spiro atoms. The lowest BCUT2D eigenvalue weighted by atomic mass is 10.1. The summed E-state index contributed by atoms with van der Waals surface area (Å²) in [4.78, 5) is 12.3. The van der Waals surface area contributed by atoms with Gasteiger partial charge in [-0.05, 0) is 18.2 Å². The molecule has 0 fully saturated rings. The van der Waals surface area contributed by atoms with Gasteiger partial charge in [-0.3, -0.25) is 4.79 Å². The second kappa shape index (κ2) is 5.10. The largest absolute Gasteiger partial charge is 0.463 e. The van der Waals surface area contributed by atoms with E-state index in [1.54, 1.807) is 30.3 Å². The first-order valence-corrected chi connectivity index (χ1v) is 6.17. The summed E-state index contributed by atoms with van der Waals surface area (Å²) < 4.78 is 18.8. The van der Waals surface area contributed by atoms with Crippen molar-refractivity contribution >= 4 is 22.6 Å². The number of amides is 1. The summed E-state index contributed by atoms with van der Waals surface area (Å²) >= 11 is 0. The number of hydrogen-bond acceptors (Lipinski definition) is 3. The van der Waals surface area contributed by atoms with E-state index in [9.17, 15) is 9.18 Å². The Kier molecular flexibility index (Phi) is 3.13. The van der Waals surface area contributed by atoms with E-state index in [0.29, 0.717) is 16.5 Å². The molecule has 0 atom stereocenters. The molecule has 3 aromatic rings. The number of halogens is 1. The molecule has 1 amide bonds. The molecule has 1 N–H and O–H groups in total. The van der Waals surface area contributed by atoms with Crippen LogP contribution in [0.1, 0.15) is 15.9 Å². The Bertz CT molecular complexity index is 877. The summed E-state index contributed by atoms with van der Waals surface area (Å²) in [5.41, 5.74) is 0.854. The Hall–Kier alpha value is -3.13. The quantitative estimate of drug-likeness (QED) is 0.778. The van der Waals surface area contributed by atoms with Crippen molar-refractivity contribution in [3.8, 4) is 6.07 Å². The molecule has 0 unspecified atom stereocenters. The van der Waals surface area contributed by atoms with Gasteiger partial charge in [0, 0.05) is 5.39 Å². The molecule has 0 saturated heterocycles. The van der Waals surface area contributed by atoms with Gasteiger partial charge in [0.15, 0.2) is 0 Å². The van der Waals surface area contributed by atoms with Crippen LogP contribution in [0.25, 0.3) is 11.0 Å². The highest BCUT2D eigenvalue weighted by atomic mass is 19.1. The average Bonchev–Trinajstić information content (AvgIpc) is 2.91. The molecule has 102 valence electrons. The minimum Gasteiger partial charge on any atom is -0.463 e. The highest BCUT2D eigenvalue weighted by molar-refractivity contribution is 6.12. The average molecular weight is 280 g/mol. The molecular weight excluding hydrogens is 271 g/mol. The predicted molar refractivity (Wildman–Crippen MR) is 75.3 cm³/mol. The Morgan fingerprint density at radius 3 is 2.81 bits per heavy atom. The fourth-order valence-corrected chi connectivity index (χ4v) is 2.09. The molecule has 0 aliphatic carbocycles. The van der Waals surface area contributed by atoms with Gasteiger partial charge in [0.1, 0.15) is 29.3 Å². The molecule has 0 bridgehead atoms. The fourth-order valence-electron chi connectivity index (χ4n) is 2.09. The maximum Gasteiger partial charge on any atom is 0.259 e. The number of benzene rings is 2. The van der Waals surface area contributed by atoms with Gasteiger partial charge in [-0.2, -0.15) is 5.26 Å². The molecule has 0 aliphatic rings. The van der Waals surface area contributed by atoms with Crippen LogP contribution in [-0.2, 0) is 0 Å². The number of nitriles is 1. The summed E-state index contributed by atoms with van der Waals surface area (Å²) in [5, 5.41) is 12.1.